The lowest BCUT2D eigenvalue weighted by Gasteiger charge is -2.24. The Morgan fingerprint density at radius 3 is 2.44 bits per heavy atom. The number of rotatable bonds is 5. The molecule has 2 aromatic carbocycles. The summed E-state index contributed by atoms with van der Waals surface area (Å²) in [4.78, 5) is 31.6. The summed E-state index contributed by atoms with van der Waals surface area (Å²) in [6.45, 7) is 0.176. The van der Waals surface area contributed by atoms with E-state index in [1.165, 1.54) is 35.2 Å². The summed E-state index contributed by atoms with van der Waals surface area (Å²) in [6.07, 6.45) is 1.94. The number of carbonyl (C=O) groups excluding carboxylic acids is 2. The molecule has 8 heteroatoms. The third kappa shape index (κ3) is 4.24. The predicted molar refractivity (Wildman–Crippen MR) is 120 cm³/mol. The molecule has 1 amide bonds. The summed E-state index contributed by atoms with van der Waals surface area (Å²) < 4.78 is 13.2. The van der Waals surface area contributed by atoms with Crippen molar-refractivity contribution in [3.63, 3.8) is 0 Å². The fourth-order valence-electron chi connectivity index (χ4n) is 3.66. The number of carbonyl (C=O) groups is 2. The summed E-state index contributed by atoms with van der Waals surface area (Å²) in [5.74, 6) is -2.28. The van der Waals surface area contributed by atoms with E-state index in [1.54, 1.807) is 36.5 Å². The van der Waals surface area contributed by atoms with E-state index in [0.29, 0.717) is 17.1 Å². The standard InChI is InChI=1S/C24H17Cl2FN2O3/c25-17-9-6-15(13-18(17)26)22(30)20-21(19-3-1-2-11-28-19)29(24(32)23(20)31)12-10-14-4-7-16(27)8-5-14/h1-9,11,13,21,30H,10,12H2/b22-20-. The number of halogens is 3. The summed E-state index contributed by atoms with van der Waals surface area (Å²) in [5.41, 5.74) is 1.42. The van der Waals surface area contributed by atoms with Gasteiger partial charge < -0.3 is 10.0 Å². The highest BCUT2D eigenvalue weighted by atomic mass is 35.5. The van der Waals surface area contributed by atoms with Gasteiger partial charge in [0.1, 0.15) is 17.6 Å². The number of hydrogen-bond acceptors (Lipinski definition) is 4. The summed E-state index contributed by atoms with van der Waals surface area (Å²) in [7, 11) is 0. The number of benzene rings is 2. The Bertz CT molecular complexity index is 1210. The molecule has 4 rings (SSSR count). The SMILES string of the molecule is O=C1C(=O)N(CCc2ccc(F)cc2)C(c2ccccn2)/C1=C(/O)c1ccc(Cl)c(Cl)c1. The van der Waals surface area contributed by atoms with Crippen LogP contribution in [0, 0.1) is 5.82 Å². The van der Waals surface area contributed by atoms with Crippen molar-refractivity contribution in [2.75, 3.05) is 6.54 Å². The minimum absolute atomic E-state index is 0.0776. The van der Waals surface area contributed by atoms with E-state index < -0.39 is 17.7 Å². The summed E-state index contributed by atoms with van der Waals surface area (Å²) in [6, 6.07) is 14.6. The van der Waals surface area contributed by atoms with Crippen molar-refractivity contribution in [1.82, 2.24) is 9.88 Å². The van der Waals surface area contributed by atoms with Gasteiger partial charge in [-0.25, -0.2) is 4.39 Å². The van der Waals surface area contributed by atoms with E-state index in [-0.39, 0.29) is 34.3 Å². The van der Waals surface area contributed by atoms with Crippen LogP contribution in [-0.2, 0) is 16.0 Å². The van der Waals surface area contributed by atoms with Gasteiger partial charge in [-0.3, -0.25) is 14.6 Å². The molecule has 0 bridgehead atoms. The molecule has 1 atom stereocenters. The first-order chi connectivity index (χ1) is 15.4. The van der Waals surface area contributed by atoms with Crippen molar-refractivity contribution in [3.8, 4) is 0 Å². The van der Waals surface area contributed by atoms with Gasteiger partial charge in [-0.05, 0) is 54.4 Å². The maximum atomic E-state index is 13.2. The molecule has 0 radical (unpaired) electrons. The fraction of sp³-hybridized carbons (Fsp3) is 0.125. The van der Waals surface area contributed by atoms with Gasteiger partial charge in [0.05, 0.1) is 21.3 Å². The molecule has 1 unspecified atom stereocenters. The van der Waals surface area contributed by atoms with E-state index in [9.17, 15) is 19.1 Å². The molecule has 3 aromatic rings. The van der Waals surface area contributed by atoms with Gasteiger partial charge in [0.2, 0.25) is 0 Å². The second-order valence-corrected chi connectivity index (χ2v) is 8.07. The third-order valence-electron chi connectivity index (χ3n) is 5.26. The van der Waals surface area contributed by atoms with Crippen molar-refractivity contribution < 1.29 is 19.1 Å². The molecule has 1 N–H and O–H groups in total. The molecule has 5 nitrogen and oxygen atoms in total. The number of aromatic nitrogens is 1. The molecule has 162 valence electrons. The van der Waals surface area contributed by atoms with E-state index in [4.69, 9.17) is 23.2 Å². The van der Waals surface area contributed by atoms with Crippen LogP contribution in [0.2, 0.25) is 10.0 Å². The van der Waals surface area contributed by atoms with Gasteiger partial charge in [0.15, 0.2) is 0 Å². The monoisotopic (exact) mass is 470 g/mol. The molecule has 0 aliphatic carbocycles. The van der Waals surface area contributed by atoms with Gasteiger partial charge in [0, 0.05) is 18.3 Å². The zero-order valence-electron chi connectivity index (χ0n) is 16.6. The topological polar surface area (TPSA) is 70.5 Å². The Kier molecular flexibility index (Phi) is 6.26. The number of ketones is 1. The van der Waals surface area contributed by atoms with Crippen LogP contribution >= 0.6 is 23.2 Å². The van der Waals surface area contributed by atoms with Crippen LogP contribution in [0.1, 0.15) is 22.9 Å². The highest BCUT2D eigenvalue weighted by molar-refractivity contribution is 6.46. The van der Waals surface area contributed by atoms with Crippen molar-refractivity contribution >= 4 is 40.7 Å². The number of hydrogen-bond donors (Lipinski definition) is 1. The van der Waals surface area contributed by atoms with E-state index in [1.807, 2.05) is 0 Å². The first kappa shape index (κ1) is 22.0. The Morgan fingerprint density at radius 1 is 1.03 bits per heavy atom. The lowest BCUT2D eigenvalue weighted by atomic mass is 9.98. The Balaban J connectivity index is 1.76. The van der Waals surface area contributed by atoms with E-state index in [0.717, 1.165) is 5.56 Å². The minimum Gasteiger partial charge on any atom is -0.507 e. The summed E-state index contributed by atoms with van der Waals surface area (Å²) in [5, 5.41) is 11.5. The maximum absolute atomic E-state index is 13.2. The minimum atomic E-state index is -0.883. The number of Topliss-reactive ketones (excluding diaryl/α,β-unsaturated/α-hetero) is 1. The number of nitrogens with zero attached hydrogens (tertiary/aromatic N) is 2. The number of likely N-dealkylation sites (tertiary alicyclic amines) is 1. The van der Waals surface area contributed by atoms with Gasteiger partial charge in [0.25, 0.3) is 11.7 Å². The average molecular weight is 471 g/mol. The molecule has 1 aliphatic rings. The van der Waals surface area contributed by atoms with Crippen molar-refractivity contribution in [1.29, 1.82) is 0 Å². The second-order valence-electron chi connectivity index (χ2n) is 7.25. The molecule has 0 spiro atoms. The lowest BCUT2D eigenvalue weighted by Crippen LogP contribution is -2.32. The second kappa shape index (κ2) is 9.10. The highest BCUT2D eigenvalue weighted by Gasteiger charge is 2.46. The number of aliphatic hydroxyl groups excluding tert-OH is 1. The molecule has 1 aromatic heterocycles. The van der Waals surface area contributed by atoms with Crippen molar-refractivity contribution in [2.45, 2.75) is 12.5 Å². The van der Waals surface area contributed by atoms with Gasteiger partial charge in [-0.15, -0.1) is 0 Å². The number of aliphatic hydroxyl groups is 1. The van der Waals surface area contributed by atoms with Crippen LogP contribution in [0.25, 0.3) is 5.76 Å². The smallest absolute Gasteiger partial charge is 0.295 e. The molecule has 0 saturated carbocycles. The normalized spacial score (nSPS) is 17.7. The van der Waals surface area contributed by atoms with E-state index in [2.05, 4.69) is 4.98 Å². The summed E-state index contributed by atoms with van der Waals surface area (Å²) >= 11 is 12.0. The Labute approximate surface area is 193 Å². The van der Waals surface area contributed by atoms with Gasteiger partial charge >= 0.3 is 0 Å². The molecular weight excluding hydrogens is 454 g/mol. The molecule has 2 heterocycles. The number of pyridine rings is 1. The molecule has 1 fully saturated rings. The lowest BCUT2D eigenvalue weighted by molar-refractivity contribution is -0.139. The fourth-order valence-corrected chi connectivity index (χ4v) is 3.95. The highest BCUT2D eigenvalue weighted by Crippen LogP contribution is 2.39. The zero-order valence-corrected chi connectivity index (χ0v) is 18.1. The van der Waals surface area contributed by atoms with Gasteiger partial charge in [-0.2, -0.15) is 0 Å². The van der Waals surface area contributed by atoms with Crippen LogP contribution in [0.5, 0.6) is 0 Å². The van der Waals surface area contributed by atoms with Crippen LogP contribution < -0.4 is 0 Å². The van der Waals surface area contributed by atoms with Crippen molar-refractivity contribution in [3.05, 3.63) is 105 Å². The van der Waals surface area contributed by atoms with Crippen LogP contribution in [0.3, 0.4) is 0 Å². The largest absolute Gasteiger partial charge is 0.507 e. The average Bonchev–Trinajstić information content (AvgIpc) is 3.05. The first-order valence-electron chi connectivity index (χ1n) is 9.76. The third-order valence-corrected chi connectivity index (χ3v) is 5.99. The van der Waals surface area contributed by atoms with Crippen LogP contribution in [0.4, 0.5) is 4.39 Å². The van der Waals surface area contributed by atoms with Crippen LogP contribution in [0.15, 0.2) is 72.4 Å². The molecule has 32 heavy (non-hydrogen) atoms. The molecule has 1 saturated heterocycles. The molecular formula is C24H17Cl2FN2O3. The Hall–Kier alpha value is -3.22. The van der Waals surface area contributed by atoms with Crippen LogP contribution in [-0.4, -0.2) is 33.2 Å². The van der Waals surface area contributed by atoms with E-state index >= 15 is 0 Å². The van der Waals surface area contributed by atoms with Crippen molar-refractivity contribution in [2.24, 2.45) is 0 Å². The maximum Gasteiger partial charge on any atom is 0.295 e. The zero-order chi connectivity index (χ0) is 22.8. The van der Waals surface area contributed by atoms with Gasteiger partial charge in [-0.1, -0.05) is 41.4 Å². The molecule has 1 aliphatic heterocycles. The number of amides is 1. The predicted octanol–water partition coefficient (Wildman–Crippen LogP) is 5.19. The first-order valence-corrected chi connectivity index (χ1v) is 10.5. The quantitative estimate of drug-likeness (QED) is 0.316. The Morgan fingerprint density at radius 2 is 1.78 bits per heavy atom.